The Morgan fingerprint density at radius 1 is 1.35 bits per heavy atom. The second-order valence-electron chi connectivity index (χ2n) is 2.92. The van der Waals surface area contributed by atoms with Gasteiger partial charge in [-0.25, -0.2) is 0 Å². The highest BCUT2D eigenvalue weighted by Crippen LogP contribution is 2.33. The normalized spacial score (nSPS) is 12.5. The van der Waals surface area contributed by atoms with Crippen LogP contribution in [-0.4, -0.2) is 13.9 Å². The third-order valence-electron chi connectivity index (χ3n) is 1.75. The first kappa shape index (κ1) is 14.1. The summed E-state index contributed by atoms with van der Waals surface area (Å²) in [6.45, 7) is -0.0535. The SMILES string of the molecule is NCc1cccc(OS(=O)(=O)C(F)(F)F)c1Cl. The molecule has 1 aromatic carbocycles. The van der Waals surface area contributed by atoms with Crippen molar-refractivity contribution in [3.05, 3.63) is 28.8 Å². The van der Waals surface area contributed by atoms with Crippen LogP contribution in [0, 0.1) is 0 Å². The summed E-state index contributed by atoms with van der Waals surface area (Å²) in [5.41, 5.74) is 0.0317. The second kappa shape index (κ2) is 4.71. The van der Waals surface area contributed by atoms with E-state index < -0.39 is 21.4 Å². The lowest BCUT2D eigenvalue weighted by atomic mass is 10.2. The molecule has 0 amide bonds. The Morgan fingerprint density at radius 3 is 2.41 bits per heavy atom. The average Bonchev–Trinajstić information content (AvgIpc) is 2.19. The van der Waals surface area contributed by atoms with Crippen LogP contribution in [0.15, 0.2) is 18.2 Å². The third-order valence-corrected chi connectivity index (χ3v) is 3.14. The van der Waals surface area contributed by atoms with Gasteiger partial charge >= 0.3 is 15.6 Å². The summed E-state index contributed by atoms with van der Waals surface area (Å²) >= 11 is 5.63. The highest BCUT2D eigenvalue weighted by Gasteiger charge is 2.48. The standard InChI is InChI=1S/C8H7ClF3NO3S/c9-7-5(4-13)2-1-3-6(7)16-17(14,15)8(10,11)12/h1-3H,4,13H2. The summed E-state index contributed by atoms with van der Waals surface area (Å²) in [7, 11) is -5.72. The molecule has 4 nitrogen and oxygen atoms in total. The molecule has 0 radical (unpaired) electrons. The minimum atomic E-state index is -5.72. The number of hydrogen-bond donors (Lipinski definition) is 1. The van der Waals surface area contributed by atoms with Crippen molar-refractivity contribution in [1.29, 1.82) is 0 Å². The first-order valence-corrected chi connectivity index (χ1v) is 5.96. The molecule has 0 aromatic heterocycles. The van der Waals surface area contributed by atoms with E-state index in [1.807, 2.05) is 0 Å². The Balaban J connectivity index is 3.14. The van der Waals surface area contributed by atoms with Crippen LogP contribution in [0.25, 0.3) is 0 Å². The number of nitrogens with two attached hydrogens (primary N) is 1. The Morgan fingerprint density at radius 2 is 1.94 bits per heavy atom. The summed E-state index contributed by atoms with van der Waals surface area (Å²) in [4.78, 5) is 0. The number of rotatable bonds is 3. The van der Waals surface area contributed by atoms with Crippen molar-refractivity contribution < 1.29 is 25.8 Å². The van der Waals surface area contributed by atoms with E-state index in [0.717, 1.165) is 6.07 Å². The highest BCUT2D eigenvalue weighted by molar-refractivity contribution is 7.88. The summed E-state index contributed by atoms with van der Waals surface area (Å²) in [6, 6.07) is 3.73. The van der Waals surface area contributed by atoms with Gasteiger partial charge in [0.2, 0.25) is 0 Å². The van der Waals surface area contributed by atoms with E-state index >= 15 is 0 Å². The molecule has 0 fully saturated rings. The van der Waals surface area contributed by atoms with Gasteiger partial charge in [-0.15, -0.1) is 0 Å². The van der Waals surface area contributed by atoms with Crippen molar-refractivity contribution in [2.24, 2.45) is 5.73 Å². The van der Waals surface area contributed by atoms with Gasteiger partial charge in [0.25, 0.3) is 0 Å². The van der Waals surface area contributed by atoms with Crippen LogP contribution in [0.2, 0.25) is 5.02 Å². The number of hydrogen-bond acceptors (Lipinski definition) is 4. The highest BCUT2D eigenvalue weighted by atomic mass is 35.5. The lowest BCUT2D eigenvalue weighted by Crippen LogP contribution is -2.28. The van der Waals surface area contributed by atoms with Crippen LogP contribution in [-0.2, 0) is 16.7 Å². The van der Waals surface area contributed by atoms with Gasteiger partial charge < -0.3 is 9.92 Å². The molecule has 0 saturated heterocycles. The summed E-state index contributed by atoms with van der Waals surface area (Å²) in [5, 5.41) is -0.261. The van der Waals surface area contributed by atoms with E-state index in [9.17, 15) is 21.6 Å². The van der Waals surface area contributed by atoms with Gasteiger partial charge in [-0.1, -0.05) is 23.7 Å². The molecule has 96 valence electrons. The zero-order valence-electron chi connectivity index (χ0n) is 8.16. The Labute approximate surface area is 100 Å². The van der Waals surface area contributed by atoms with Crippen molar-refractivity contribution in [3.8, 4) is 5.75 Å². The molecule has 0 bridgehead atoms. The van der Waals surface area contributed by atoms with Crippen molar-refractivity contribution in [3.63, 3.8) is 0 Å². The summed E-state index contributed by atoms with van der Waals surface area (Å²) < 4.78 is 61.5. The monoisotopic (exact) mass is 289 g/mol. The van der Waals surface area contributed by atoms with E-state index in [1.54, 1.807) is 0 Å². The molecule has 1 rings (SSSR count). The lowest BCUT2D eigenvalue weighted by Gasteiger charge is -2.11. The van der Waals surface area contributed by atoms with Gasteiger partial charge in [0.05, 0.1) is 5.02 Å². The molecule has 0 heterocycles. The molecule has 2 N–H and O–H groups in total. The molecule has 0 saturated carbocycles. The van der Waals surface area contributed by atoms with Gasteiger partial charge in [-0.3, -0.25) is 0 Å². The fourth-order valence-corrected chi connectivity index (χ4v) is 1.70. The van der Waals surface area contributed by atoms with Crippen molar-refractivity contribution >= 4 is 21.7 Å². The predicted molar refractivity (Wildman–Crippen MR) is 54.9 cm³/mol. The molecule has 1 aromatic rings. The minimum Gasteiger partial charge on any atom is -0.374 e. The number of benzene rings is 1. The zero-order valence-corrected chi connectivity index (χ0v) is 9.73. The minimum absolute atomic E-state index is 0.0535. The number of alkyl halides is 3. The Hall–Kier alpha value is -0.990. The van der Waals surface area contributed by atoms with E-state index in [0.29, 0.717) is 0 Å². The smallest absolute Gasteiger partial charge is 0.374 e. The topological polar surface area (TPSA) is 69.4 Å². The third kappa shape index (κ3) is 3.02. The molecule has 0 aliphatic carbocycles. The first-order valence-electron chi connectivity index (χ1n) is 4.17. The summed E-state index contributed by atoms with van der Waals surface area (Å²) in [5.74, 6) is -0.605. The van der Waals surface area contributed by atoms with E-state index in [2.05, 4.69) is 4.18 Å². The molecule has 0 aliphatic heterocycles. The summed E-state index contributed by atoms with van der Waals surface area (Å²) in [6.07, 6.45) is 0. The van der Waals surface area contributed by atoms with Crippen LogP contribution >= 0.6 is 11.6 Å². The predicted octanol–water partition coefficient (Wildman–Crippen LogP) is 2.03. The quantitative estimate of drug-likeness (QED) is 0.683. The Kier molecular flexibility index (Phi) is 3.90. The van der Waals surface area contributed by atoms with Gasteiger partial charge in [0.1, 0.15) is 0 Å². The van der Waals surface area contributed by atoms with Crippen LogP contribution in [0.1, 0.15) is 5.56 Å². The maximum atomic E-state index is 12.1. The van der Waals surface area contributed by atoms with Gasteiger partial charge in [0, 0.05) is 6.54 Å². The molecule has 17 heavy (non-hydrogen) atoms. The van der Waals surface area contributed by atoms with E-state index in [1.165, 1.54) is 12.1 Å². The molecular formula is C8H7ClF3NO3S. The maximum Gasteiger partial charge on any atom is 0.534 e. The van der Waals surface area contributed by atoms with Crippen molar-refractivity contribution in [2.45, 2.75) is 12.1 Å². The zero-order chi connectivity index (χ0) is 13.3. The first-order chi connectivity index (χ1) is 7.69. The molecular weight excluding hydrogens is 283 g/mol. The second-order valence-corrected chi connectivity index (χ2v) is 4.83. The average molecular weight is 290 g/mol. The maximum absolute atomic E-state index is 12.1. The number of halogens is 4. The van der Waals surface area contributed by atoms with Crippen molar-refractivity contribution in [1.82, 2.24) is 0 Å². The van der Waals surface area contributed by atoms with Crippen molar-refractivity contribution in [2.75, 3.05) is 0 Å². The largest absolute Gasteiger partial charge is 0.534 e. The lowest BCUT2D eigenvalue weighted by molar-refractivity contribution is -0.0500. The van der Waals surface area contributed by atoms with E-state index in [-0.39, 0.29) is 17.1 Å². The van der Waals surface area contributed by atoms with Crippen LogP contribution in [0.3, 0.4) is 0 Å². The van der Waals surface area contributed by atoms with E-state index in [4.69, 9.17) is 17.3 Å². The van der Waals surface area contributed by atoms with Crippen LogP contribution in [0.4, 0.5) is 13.2 Å². The van der Waals surface area contributed by atoms with Crippen LogP contribution in [0.5, 0.6) is 5.75 Å². The fourth-order valence-electron chi connectivity index (χ4n) is 0.944. The molecule has 0 aliphatic rings. The van der Waals surface area contributed by atoms with Gasteiger partial charge in [-0.2, -0.15) is 21.6 Å². The van der Waals surface area contributed by atoms with Gasteiger partial charge in [-0.05, 0) is 11.6 Å². The molecule has 0 spiro atoms. The Bertz CT molecular complexity index is 515. The molecule has 0 atom stereocenters. The molecule has 9 heteroatoms. The van der Waals surface area contributed by atoms with Gasteiger partial charge in [0.15, 0.2) is 5.75 Å². The molecule has 0 unspecified atom stereocenters. The van der Waals surface area contributed by atoms with Crippen LogP contribution < -0.4 is 9.92 Å². The fraction of sp³-hybridized carbons (Fsp3) is 0.250.